The summed E-state index contributed by atoms with van der Waals surface area (Å²) < 4.78 is 5.32. The molecule has 0 spiro atoms. The first-order valence-corrected chi connectivity index (χ1v) is 10.8. The zero-order valence-electron chi connectivity index (χ0n) is 18.9. The summed E-state index contributed by atoms with van der Waals surface area (Å²) in [5, 5.41) is 9.62. The van der Waals surface area contributed by atoms with Crippen LogP contribution in [0.2, 0.25) is 0 Å². The quantitative estimate of drug-likeness (QED) is 0.468. The minimum atomic E-state index is -0.133. The molecule has 0 aromatic heterocycles. The van der Waals surface area contributed by atoms with Crippen LogP contribution in [0.25, 0.3) is 0 Å². The van der Waals surface area contributed by atoms with Crippen LogP contribution in [-0.2, 0) is 11.3 Å². The number of amides is 1. The van der Waals surface area contributed by atoms with Crippen LogP contribution < -0.4 is 25.6 Å². The second-order valence-electron chi connectivity index (χ2n) is 7.80. The summed E-state index contributed by atoms with van der Waals surface area (Å²) in [6.45, 7) is 6.46. The number of ether oxygens (including phenoxy) is 1. The number of anilines is 2. The van der Waals surface area contributed by atoms with Crippen LogP contribution in [0.5, 0.6) is 5.75 Å². The molecule has 7 heteroatoms. The fraction of sp³-hybridized carbons (Fsp3) is 0.417. The summed E-state index contributed by atoms with van der Waals surface area (Å²) in [4.78, 5) is 18.3. The van der Waals surface area contributed by atoms with Crippen molar-refractivity contribution < 1.29 is 9.53 Å². The van der Waals surface area contributed by atoms with Gasteiger partial charge >= 0.3 is 0 Å². The molecule has 1 fully saturated rings. The van der Waals surface area contributed by atoms with Gasteiger partial charge in [0.1, 0.15) is 5.75 Å². The Kier molecular flexibility index (Phi) is 7.76. The molecular formula is C24H33N5O2. The Bertz CT molecular complexity index is 922. The summed E-state index contributed by atoms with van der Waals surface area (Å²) in [6, 6.07) is 14.6. The lowest BCUT2D eigenvalue weighted by atomic mass is 10.1. The van der Waals surface area contributed by atoms with Crippen LogP contribution in [0.1, 0.15) is 43.9 Å². The van der Waals surface area contributed by atoms with Gasteiger partial charge < -0.3 is 25.6 Å². The number of carbonyl (C=O) groups is 1. The molecule has 0 saturated carbocycles. The van der Waals surface area contributed by atoms with E-state index in [2.05, 4.69) is 57.0 Å². The number of methoxy groups -OCH3 is 1. The van der Waals surface area contributed by atoms with Crippen LogP contribution in [-0.4, -0.2) is 39.1 Å². The monoisotopic (exact) mass is 423 g/mol. The lowest BCUT2D eigenvalue weighted by molar-refractivity contribution is -0.114. The van der Waals surface area contributed by atoms with Gasteiger partial charge in [-0.25, -0.2) is 0 Å². The Hall–Kier alpha value is -3.22. The molecule has 0 radical (unpaired) electrons. The maximum Gasteiger partial charge on any atom is 0.221 e. The normalized spacial score (nSPS) is 14.8. The third-order valence-electron chi connectivity index (χ3n) is 5.45. The maximum absolute atomic E-state index is 11.5. The average Bonchev–Trinajstić information content (AvgIpc) is 3.31. The molecule has 2 aromatic rings. The largest absolute Gasteiger partial charge is 0.495 e. The number of nitrogens with zero attached hydrogens (tertiary/aromatic N) is 2. The number of rotatable bonds is 7. The van der Waals surface area contributed by atoms with Crippen molar-refractivity contribution in [3.8, 4) is 5.75 Å². The van der Waals surface area contributed by atoms with E-state index in [9.17, 15) is 4.79 Å². The molecule has 3 rings (SSSR count). The topological polar surface area (TPSA) is 78.0 Å². The van der Waals surface area contributed by atoms with Crippen LogP contribution in [0.3, 0.4) is 0 Å². The van der Waals surface area contributed by atoms with Crippen molar-refractivity contribution in [2.75, 3.05) is 37.5 Å². The van der Waals surface area contributed by atoms with E-state index in [1.54, 1.807) is 14.2 Å². The van der Waals surface area contributed by atoms with Gasteiger partial charge in [-0.3, -0.25) is 9.79 Å². The molecule has 166 valence electrons. The highest BCUT2D eigenvalue weighted by Gasteiger charge is 2.15. The van der Waals surface area contributed by atoms with Gasteiger partial charge in [-0.2, -0.15) is 0 Å². The predicted octanol–water partition coefficient (Wildman–Crippen LogP) is 3.68. The Labute approximate surface area is 184 Å². The van der Waals surface area contributed by atoms with Gasteiger partial charge in [-0.05, 0) is 55.2 Å². The third-order valence-corrected chi connectivity index (χ3v) is 5.45. The van der Waals surface area contributed by atoms with Crippen LogP contribution in [0.4, 0.5) is 11.4 Å². The SMILES string of the molecule is CN=C(NCc1ccc(OC)c(NC(C)=O)c1)NC(C)c1cccc(N2CCCC2)c1. The first-order valence-electron chi connectivity index (χ1n) is 10.8. The minimum Gasteiger partial charge on any atom is -0.495 e. The highest BCUT2D eigenvalue weighted by Crippen LogP contribution is 2.26. The van der Waals surface area contributed by atoms with Gasteiger partial charge in [0.25, 0.3) is 0 Å². The van der Waals surface area contributed by atoms with Gasteiger partial charge in [0, 0.05) is 39.3 Å². The first kappa shape index (κ1) is 22.5. The molecule has 1 aliphatic heterocycles. The summed E-state index contributed by atoms with van der Waals surface area (Å²) in [6.07, 6.45) is 2.53. The highest BCUT2D eigenvalue weighted by atomic mass is 16.5. The van der Waals surface area contributed by atoms with Gasteiger partial charge in [-0.15, -0.1) is 0 Å². The molecule has 2 aromatic carbocycles. The van der Waals surface area contributed by atoms with Crippen molar-refractivity contribution in [3.63, 3.8) is 0 Å². The Morgan fingerprint density at radius 1 is 1.19 bits per heavy atom. The second kappa shape index (κ2) is 10.7. The minimum absolute atomic E-state index is 0.111. The van der Waals surface area contributed by atoms with Gasteiger partial charge in [-0.1, -0.05) is 18.2 Å². The van der Waals surface area contributed by atoms with Crippen molar-refractivity contribution in [1.82, 2.24) is 10.6 Å². The van der Waals surface area contributed by atoms with Gasteiger partial charge in [0.15, 0.2) is 5.96 Å². The number of nitrogens with one attached hydrogen (secondary N) is 3. The van der Waals surface area contributed by atoms with Crippen molar-refractivity contribution in [1.29, 1.82) is 0 Å². The smallest absolute Gasteiger partial charge is 0.221 e. The Balaban J connectivity index is 1.62. The zero-order chi connectivity index (χ0) is 22.2. The third kappa shape index (κ3) is 6.13. The molecule has 3 N–H and O–H groups in total. The molecule has 31 heavy (non-hydrogen) atoms. The lowest BCUT2D eigenvalue weighted by Crippen LogP contribution is -2.38. The summed E-state index contributed by atoms with van der Waals surface area (Å²) in [5.41, 5.74) is 4.18. The number of hydrogen-bond acceptors (Lipinski definition) is 4. The number of aliphatic imine (C=N–C) groups is 1. The number of benzene rings is 2. The highest BCUT2D eigenvalue weighted by molar-refractivity contribution is 5.90. The molecular weight excluding hydrogens is 390 g/mol. The van der Waals surface area contributed by atoms with E-state index >= 15 is 0 Å². The molecule has 1 atom stereocenters. The molecule has 7 nitrogen and oxygen atoms in total. The molecule has 1 aliphatic rings. The van der Waals surface area contributed by atoms with E-state index < -0.39 is 0 Å². The lowest BCUT2D eigenvalue weighted by Gasteiger charge is -2.22. The van der Waals surface area contributed by atoms with E-state index in [0.717, 1.165) is 24.6 Å². The second-order valence-corrected chi connectivity index (χ2v) is 7.80. The molecule has 1 heterocycles. The Morgan fingerprint density at radius 3 is 2.65 bits per heavy atom. The van der Waals surface area contributed by atoms with Gasteiger partial charge in [0.05, 0.1) is 18.8 Å². The van der Waals surface area contributed by atoms with Gasteiger partial charge in [0.2, 0.25) is 5.91 Å². The van der Waals surface area contributed by atoms with Crippen LogP contribution in [0, 0.1) is 0 Å². The average molecular weight is 424 g/mol. The van der Waals surface area contributed by atoms with Crippen molar-refractivity contribution >= 4 is 23.2 Å². The summed E-state index contributed by atoms with van der Waals surface area (Å²) >= 11 is 0. The van der Waals surface area contributed by atoms with E-state index in [0.29, 0.717) is 18.0 Å². The van der Waals surface area contributed by atoms with Crippen LogP contribution >= 0.6 is 0 Å². The summed E-state index contributed by atoms with van der Waals surface area (Å²) in [7, 11) is 3.35. The molecule has 1 unspecified atom stereocenters. The Morgan fingerprint density at radius 2 is 1.97 bits per heavy atom. The standard InChI is InChI=1S/C24H33N5O2/c1-17(20-8-7-9-21(15-20)29-12-5-6-13-29)27-24(25-3)26-16-19-10-11-23(31-4)22(14-19)28-18(2)30/h7-11,14-15,17H,5-6,12-13,16H2,1-4H3,(H,28,30)(H2,25,26,27). The van der Waals surface area contributed by atoms with E-state index in [1.807, 2.05) is 18.2 Å². The van der Waals surface area contributed by atoms with E-state index in [-0.39, 0.29) is 11.9 Å². The predicted molar refractivity (Wildman–Crippen MR) is 127 cm³/mol. The molecule has 0 bridgehead atoms. The fourth-order valence-corrected chi connectivity index (χ4v) is 3.79. The fourth-order valence-electron chi connectivity index (χ4n) is 3.79. The van der Waals surface area contributed by atoms with Crippen molar-refractivity contribution in [3.05, 3.63) is 53.6 Å². The van der Waals surface area contributed by atoms with E-state index in [4.69, 9.17) is 4.74 Å². The van der Waals surface area contributed by atoms with Crippen molar-refractivity contribution in [2.45, 2.75) is 39.3 Å². The number of guanidine groups is 1. The molecule has 1 amide bonds. The zero-order valence-corrected chi connectivity index (χ0v) is 18.9. The first-order chi connectivity index (χ1) is 15.0. The van der Waals surface area contributed by atoms with Crippen molar-refractivity contribution in [2.24, 2.45) is 4.99 Å². The maximum atomic E-state index is 11.5. The molecule has 0 aliphatic carbocycles. The number of carbonyl (C=O) groups excluding carboxylic acids is 1. The molecule has 1 saturated heterocycles. The number of hydrogen-bond donors (Lipinski definition) is 3. The van der Waals surface area contributed by atoms with Crippen LogP contribution in [0.15, 0.2) is 47.5 Å². The summed E-state index contributed by atoms with van der Waals surface area (Å²) in [5.74, 6) is 1.22. The van der Waals surface area contributed by atoms with E-state index in [1.165, 1.54) is 31.0 Å².